The summed E-state index contributed by atoms with van der Waals surface area (Å²) >= 11 is 5.66. The van der Waals surface area contributed by atoms with Gasteiger partial charge in [0.1, 0.15) is 5.56 Å². The topological polar surface area (TPSA) is 80.5 Å². The minimum absolute atomic E-state index is 0.0995. The van der Waals surface area contributed by atoms with Gasteiger partial charge in [-0.15, -0.1) is 11.6 Å². The minimum atomic E-state index is -0.635. The highest BCUT2D eigenvalue weighted by Gasteiger charge is 2.40. The van der Waals surface area contributed by atoms with E-state index < -0.39 is 16.7 Å². The van der Waals surface area contributed by atoms with Gasteiger partial charge in [0.05, 0.1) is 10.5 Å². The molecule has 0 saturated heterocycles. The van der Waals surface area contributed by atoms with Crippen LogP contribution in [-0.4, -0.2) is 34.1 Å². The van der Waals surface area contributed by atoms with Crippen LogP contribution in [0.3, 0.4) is 0 Å². The highest BCUT2D eigenvalue weighted by atomic mass is 35.5. The predicted molar refractivity (Wildman–Crippen MR) is 77.6 cm³/mol. The molecular formula is C14H15ClN2O4. The highest BCUT2D eigenvalue weighted by Crippen LogP contribution is 2.31. The van der Waals surface area contributed by atoms with E-state index in [1.807, 2.05) is 6.92 Å². The summed E-state index contributed by atoms with van der Waals surface area (Å²) in [5.74, 6) is -0.242. The number of halogens is 1. The van der Waals surface area contributed by atoms with Crippen molar-refractivity contribution >= 4 is 29.1 Å². The third-order valence-corrected chi connectivity index (χ3v) is 3.84. The average Bonchev–Trinajstić information content (AvgIpc) is 2.69. The zero-order valence-corrected chi connectivity index (χ0v) is 12.3. The second kappa shape index (κ2) is 6.22. The van der Waals surface area contributed by atoms with Crippen LogP contribution in [0.4, 0.5) is 5.69 Å². The Kier molecular flexibility index (Phi) is 4.57. The fourth-order valence-corrected chi connectivity index (χ4v) is 2.72. The number of hydrogen-bond acceptors (Lipinski definition) is 4. The Labute approximate surface area is 126 Å². The van der Waals surface area contributed by atoms with Gasteiger partial charge in [0.25, 0.3) is 17.5 Å². The van der Waals surface area contributed by atoms with E-state index in [2.05, 4.69) is 0 Å². The SMILES string of the molecule is CC(CCCl)CCN1C(=O)c2cccc([N+](=O)[O-])c2C1=O. The van der Waals surface area contributed by atoms with E-state index in [-0.39, 0.29) is 29.3 Å². The van der Waals surface area contributed by atoms with Crippen LogP contribution in [0.25, 0.3) is 0 Å². The molecule has 1 aromatic rings. The monoisotopic (exact) mass is 310 g/mol. The molecule has 0 radical (unpaired) electrons. The van der Waals surface area contributed by atoms with Crippen molar-refractivity contribution in [1.82, 2.24) is 4.90 Å². The lowest BCUT2D eigenvalue weighted by Gasteiger charge is -2.16. The van der Waals surface area contributed by atoms with Crippen LogP contribution in [0.15, 0.2) is 18.2 Å². The number of nitrogens with zero attached hydrogens (tertiary/aromatic N) is 2. The van der Waals surface area contributed by atoms with Crippen molar-refractivity contribution < 1.29 is 14.5 Å². The number of hydrogen-bond donors (Lipinski definition) is 0. The van der Waals surface area contributed by atoms with Gasteiger partial charge in [0.2, 0.25) is 0 Å². The Balaban J connectivity index is 2.22. The number of amides is 2. The number of imide groups is 1. The molecule has 6 nitrogen and oxygen atoms in total. The molecule has 2 amide bonds. The summed E-state index contributed by atoms with van der Waals surface area (Å²) < 4.78 is 0. The molecule has 0 fully saturated rings. The Morgan fingerprint density at radius 1 is 1.29 bits per heavy atom. The molecule has 2 rings (SSSR count). The third-order valence-electron chi connectivity index (χ3n) is 3.62. The molecule has 0 spiro atoms. The van der Waals surface area contributed by atoms with Gasteiger partial charge in [-0.1, -0.05) is 13.0 Å². The lowest BCUT2D eigenvalue weighted by molar-refractivity contribution is -0.385. The largest absolute Gasteiger partial charge is 0.282 e. The molecule has 1 aromatic carbocycles. The van der Waals surface area contributed by atoms with Crippen LogP contribution in [0, 0.1) is 16.0 Å². The molecule has 1 aliphatic heterocycles. The Bertz CT molecular complexity index is 603. The molecular weight excluding hydrogens is 296 g/mol. The molecule has 112 valence electrons. The lowest BCUT2D eigenvalue weighted by Crippen LogP contribution is -2.31. The molecule has 0 bridgehead atoms. The van der Waals surface area contributed by atoms with E-state index in [4.69, 9.17) is 11.6 Å². The number of alkyl halides is 1. The molecule has 0 aromatic heterocycles. The van der Waals surface area contributed by atoms with Crippen molar-refractivity contribution in [3.63, 3.8) is 0 Å². The lowest BCUT2D eigenvalue weighted by atomic mass is 10.1. The van der Waals surface area contributed by atoms with Crippen molar-refractivity contribution in [2.45, 2.75) is 19.8 Å². The fraction of sp³-hybridized carbons (Fsp3) is 0.429. The summed E-state index contributed by atoms with van der Waals surface area (Å²) in [5.41, 5.74) is -0.307. The molecule has 0 aliphatic carbocycles. The Morgan fingerprint density at radius 3 is 2.62 bits per heavy atom. The fourth-order valence-electron chi connectivity index (χ4n) is 2.35. The van der Waals surface area contributed by atoms with Gasteiger partial charge in [-0.05, 0) is 24.8 Å². The van der Waals surface area contributed by atoms with Gasteiger partial charge in [-0.3, -0.25) is 24.6 Å². The number of rotatable bonds is 6. The number of nitro groups is 1. The smallest absolute Gasteiger partial charge is 0.274 e. The first-order valence-corrected chi connectivity index (χ1v) is 7.20. The van der Waals surface area contributed by atoms with Crippen LogP contribution in [0.1, 0.15) is 40.5 Å². The van der Waals surface area contributed by atoms with E-state index >= 15 is 0 Å². The summed E-state index contributed by atoms with van der Waals surface area (Å²) in [7, 11) is 0. The Hall–Kier alpha value is -1.95. The van der Waals surface area contributed by atoms with Crippen LogP contribution >= 0.6 is 11.6 Å². The first-order chi connectivity index (χ1) is 9.97. The van der Waals surface area contributed by atoms with Gasteiger partial charge >= 0.3 is 0 Å². The standard InChI is InChI=1S/C14H15ClN2O4/c1-9(5-7-15)6-8-16-13(18)10-3-2-4-11(17(20)21)12(10)14(16)19/h2-4,9H,5-8H2,1H3. The van der Waals surface area contributed by atoms with Crippen molar-refractivity contribution in [2.75, 3.05) is 12.4 Å². The first kappa shape index (κ1) is 15.4. The minimum Gasteiger partial charge on any atom is -0.274 e. The van der Waals surface area contributed by atoms with Gasteiger partial charge in [-0.2, -0.15) is 0 Å². The van der Waals surface area contributed by atoms with Crippen molar-refractivity contribution in [2.24, 2.45) is 5.92 Å². The van der Waals surface area contributed by atoms with Crippen LogP contribution < -0.4 is 0 Å². The summed E-state index contributed by atoms with van der Waals surface area (Å²) in [6.45, 7) is 2.24. The van der Waals surface area contributed by atoms with Gasteiger partial charge in [-0.25, -0.2) is 0 Å². The molecule has 7 heteroatoms. The second-order valence-corrected chi connectivity index (χ2v) is 5.47. The van der Waals surface area contributed by atoms with E-state index in [1.165, 1.54) is 18.2 Å². The molecule has 1 atom stereocenters. The van der Waals surface area contributed by atoms with E-state index in [1.54, 1.807) is 0 Å². The maximum atomic E-state index is 12.3. The Morgan fingerprint density at radius 2 is 2.00 bits per heavy atom. The quantitative estimate of drug-likeness (QED) is 0.350. The number of carbonyl (C=O) groups excluding carboxylic acids is 2. The normalized spacial score (nSPS) is 15.2. The third kappa shape index (κ3) is 2.90. The molecule has 1 heterocycles. The number of fused-ring (bicyclic) bond motifs is 1. The van der Waals surface area contributed by atoms with Crippen molar-refractivity contribution in [3.05, 3.63) is 39.4 Å². The zero-order chi connectivity index (χ0) is 15.6. The maximum absolute atomic E-state index is 12.3. The van der Waals surface area contributed by atoms with Crippen LogP contribution in [0.2, 0.25) is 0 Å². The summed E-state index contributed by atoms with van der Waals surface area (Å²) in [6, 6.07) is 4.11. The van der Waals surface area contributed by atoms with Crippen molar-refractivity contribution in [3.8, 4) is 0 Å². The van der Waals surface area contributed by atoms with Crippen LogP contribution in [-0.2, 0) is 0 Å². The maximum Gasteiger partial charge on any atom is 0.282 e. The summed E-state index contributed by atoms with van der Waals surface area (Å²) in [4.78, 5) is 35.9. The number of nitro benzene ring substituents is 1. The highest BCUT2D eigenvalue weighted by molar-refractivity contribution is 6.23. The summed E-state index contributed by atoms with van der Waals surface area (Å²) in [6.07, 6.45) is 1.43. The second-order valence-electron chi connectivity index (χ2n) is 5.09. The first-order valence-electron chi connectivity index (χ1n) is 6.67. The van der Waals surface area contributed by atoms with Gasteiger partial charge < -0.3 is 0 Å². The van der Waals surface area contributed by atoms with Crippen LogP contribution in [0.5, 0.6) is 0 Å². The molecule has 21 heavy (non-hydrogen) atoms. The number of carbonyl (C=O) groups is 2. The number of benzene rings is 1. The van der Waals surface area contributed by atoms with E-state index in [9.17, 15) is 19.7 Å². The molecule has 0 saturated carbocycles. The van der Waals surface area contributed by atoms with E-state index in [0.29, 0.717) is 12.3 Å². The van der Waals surface area contributed by atoms with Gasteiger partial charge in [0.15, 0.2) is 0 Å². The zero-order valence-electron chi connectivity index (χ0n) is 11.5. The molecule has 0 N–H and O–H groups in total. The summed E-state index contributed by atoms with van der Waals surface area (Å²) in [5, 5.41) is 11.0. The molecule has 1 aliphatic rings. The molecule has 1 unspecified atom stereocenters. The van der Waals surface area contributed by atoms with Crippen molar-refractivity contribution in [1.29, 1.82) is 0 Å². The van der Waals surface area contributed by atoms with Gasteiger partial charge in [0, 0.05) is 18.5 Å². The van der Waals surface area contributed by atoms with E-state index in [0.717, 1.165) is 11.3 Å². The predicted octanol–water partition coefficient (Wildman–Crippen LogP) is 2.85. The average molecular weight is 311 g/mol.